The lowest BCUT2D eigenvalue weighted by molar-refractivity contribution is 0.0944. The summed E-state index contributed by atoms with van der Waals surface area (Å²) in [5.74, 6) is 0.854. The molecule has 0 unspecified atom stereocenters. The topological polar surface area (TPSA) is 71.6 Å². The van der Waals surface area contributed by atoms with E-state index in [1.807, 2.05) is 6.07 Å². The molecule has 0 atom stereocenters. The van der Waals surface area contributed by atoms with E-state index in [2.05, 4.69) is 16.2 Å². The summed E-state index contributed by atoms with van der Waals surface area (Å²) in [5, 5.41) is 3.15. The quantitative estimate of drug-likeness (QED) is 0.590. The van der Waals surface area contributed by atoms with E-state index < -0.39 is 0 Å². The summed E-state index contributed by atoms with van der Waals surface area (Å²) >= 11 is 5.17. The smallest absolute Gasteiger partial charge is 0.269 e. The highest BCUT2D eigenvalue weighted by molar-refractivity contribution is 7.80. The van der Waals surface area contributed by atoms with Crippen LogP contribution in [0.3, 0.4) is 0 Å². The Morgan fingerprint density at radius 2 is 1.52 bits per heavy atom. The van der Waals surface area contributed by atoms with Crippen LogP contribution in [0.2, 0.25) is 0 Å². The molecule has 23 heavy (non-hydrogen) atoms. The molecule has 0 fully saturated rings. The molecular formula is C16H17N3O3S. The molecule has 0 radical (unpaired) electrons. The van der Waals surface area contributed by atoms with E-state index in [4.69, 9.17) is 21.7 Å². The van der Waals surface area contributed by atoms with Gasteiger partial charge in [-0.2, -0.15) is 0 Å². The second-order valence-corrected chi connectivity index (χ2v) is 4.85. The zero-order valence-electron chi connectivity index (χ0n) is 12.8. The molecular weight excluding hydrogens is 314 g/mol. The number of hydrogen-bond acceptors (Lipinski definition) is 4. The highest BCUT2D eigenvalue weighted by Crippen LogP contribution is 2.33. The standard InChI is InChI=1S/C16H17N3O3S/c1-21-12-9-6-10-13(22-2)14(12)17-16(23)19-18-15(20)11-7-4-3-5-8-11/h3-10H,1-2H3,(H,18,20)(H2,17,19,23). The Kier molecular flexibility index (Phi) is 5.76. The minimum atomic E-state index is -0.290. The number of para-hydroxylation sites is 1. The third-order valence-corrected chi connectivity index (χ3v) is 3.20. The Balaban J connectivity index is 1.99. The number of benzene rings is 2. The molecule has 0 bridgehead atoms. The van der Waals surface area contributed by atoms with Crippen molar-refractivity contribution in [3.05, 3.63) is 54.1 Å². The molecule has 7 heteroatoms. The normalized spacial score (nSPS) is 9.65. The first-order chi connectivity index (χ1) is 11.2. The third kappa shape index (κ3) is 4.33. The number of nitrogens with one attached hydrogen (secondary N) is 3. The van der Waals surface area contributed by atoms with Gasteiger partial charge in [-0.1, -0.05) is 24.3 Å². The lowest BCUT2D eigenvalue weighted by atomic mass is 10.2. The van der Waals surface area contributed by atoms with Crippen molar-refractivity contribution in [2.24, 2.45) is 0 Å². The first-order valence-electron chi connectivity index (χ1n) is 6.79. The fourth-order valence-corrected chi connectivity index (χ4v) is 2.05. The number of ether oxygens (including phenoxy) is 2. The molecule has 3 N–H and O–H groups in total. The van der Waals surface area contributed by atoms with E-state index in [1.54, 1.807) is 56.7 Å². The number of hydrazine groups is 1. The summed E-state index contributed by atoms with van der Waals surface area (Å²) in [6.45, 7) is 0. The van der Waals surface area contributed by atoms with Crippen LogP contribution < -0.4 is 25.6 Å². The van der Waals surface area contributed by atoms with Gasteiger partial charge in [0.25, 0.3) is 5.91 Å². The average molecular weight is 331 g/mol. The summed E-state index contributed by atoms with van der Waals surface area (Å²) in [6.07, 6.45) is 0. The number of methoxy groups -OCH3 is 2. The van der Waals surface area contributed by atoms with E-state index in [-0.39, 0.29) is 11.0 Å². The molecule has 1 amide bonds. The molecule has 0 heterocycles. The van der Waals surface area contributed by atoms with Crippen molar-refractivity contribution in [2.75, 3.05) is 19.5 Å². The summed E-state index contributed by atoms with van der Waals surface area (Å²) in [5.41, 5.74) is 6.26. The molecule has 0 aliphatic heterocycles. The summed E-state index contributed by atoms with van der Waals surface area (Å²) < 4.78 is 10.5. The number of hydrogen-bond donors (Lipinski definition) is 3. The van der Waals surface area contributed by atoms with Crippen molar-refractivity contribution < 1.29 is 14.3 Å². The molecule has 0 aliphatic rings. The largest absolute Gasteiger partial charge is 0.494 e. The Hall–Kier alpha value is -2.80. The van der Waals surface area contributed by atoms with Gasteiger partial charge in [-0.25, -0.2) is 0 Å². The van der Waals surface area contributed by atoms with Gasteiger partial charge in [-0.05, 0) is 36.5 Å². The second-order valence-electron chi connectivity index (χ2n) is 4.44. The second kappa shape index (κ2) is 8.00. The van der Waals surface area contributed by atoms with Gasteiger partial charge in [0, 0.05) is 5.56 Å². The van der Waals surface area contributed by atoms with Crippen LogP contribution in [0.1, 0.15) is 10.4 Å². The minimum absolute atomic E-state index is 0.206. The Bertz CT molecular complexity index is 670. The number of thiocarbonyl (C=S) groups is 1. The van der Waals surface area contributed by atoms with E-state index in [0.717, 1.165) is 0 Å². The number of carbonyl (C=O) groups is 1. The molecule has 0 saturated carbocycles. The SMILES string of the molecule is COc1cccc(OC)c1NC(=S)NNC(=O)c1ccccc1. The third-order valence-electron chi connectivity index (χ3n) is 2.99. The van der Waals surface area contributed by atoms with Gasteiger partial charge in [0.1, 0.15) is 17.2 Å². The highest BCUT2D eigenvalue weighted by atomic mass is 32.1. The maximum Gasteiger partial charge on any atom is 0.269 e. The number of carbonyl (C=O) groups excluding carboxylic acids is 1. The Labute approximate surface area is 139 Å². The molecule has 0 aliphatic carbocycles. The van der Waals surface area contributed by atoms with Crippen LogP contribution in [0.5, 0.6) is 11.5 Å². The minimum Gasteiger partial charge on any atom is -0.494 e. The molecule has 2 aromatic carbocycles. The number of amides is 1. The van der Waals surface area contributed by atoms with E-state index in [9.17, 15) is 4.79 Å². The van der Waals surface area contributed by atoms with Gasteiger partial charge in [-0.15, -0.1) is 0 Å². The van der Waals surface area contributed by atoms with Crippen molar-refractivity contribution in [1.82, 2.24) is 10.9 Å². The maximum atomic E-state index is 11.9. The molecule has 0 saturated heterocycles. The van der Waals surface area contributed by atoms with Gasteiger partial charge in [0.15, 0.2) is 5.11 Å². The van der Waals surface area contributed by atoms with Crippen molar-refractivity contribution in [3.63, 3.8) is 0 Å². The lowest BCUT2D eigenvalue weighted by Gasteiger charge is -2.16. The van der Waals surface area contributed by atoms with Crippen LogP contribution in [0.25, 0.3) is 0 Å². The van der Waals surface area contributed by atoms with E-state index in [0.29, 0.717) is 22.7 Å². The van der Waals surface area contributed by atoms with Gasteiger partial charge >= 0.3 is 0 Å². The first kappa shape index (κ1) is 16.6. The van der Waals surface area contributed by atoms with Crippen molar-refractivity contribution in [1.29, 1.82) is 0 Å². The molecule has 2 rings (SSSR count). The van der Waals surface area contributed by atoms with Crippen molar-refractivity contribution >= 4 is 28.9 Å². The first-order valence-corrected chi connectivity index (χ1v) is 7.20. The van der Waals surface area contributed by atoms with Crippen LogP contribution in [0.4, 0.5) is 5.69 Å². The number of anilines is 1. The molecule has 2 aromatic rings. The van der Waals surface area contributed by atoms with E-state index >= 15 is 0 Å². The van der Waals surface area contributed by atoms with Crippen LogP contribution in [-0.2, 0) is 0 Å². The maximum absolute atomic E-state index is 11.9. The van der Waals surface area contributed by atoms with Crippen LogP contribution in [0.15, 0.2) is 48.5 Å². The van der Waals surface area contributed by atoms with Crippen LogP contribution in [-0.4, -0.2) is 25.2 Å². The predicted octanol–water partition coefficient (Wildman–Crippen LogP) is 2.34. The molecule has 120 valence electrons. The monoisotopic (exact) mass is 331 g/mol. The van der Waals surface area contributed by atoms with Gasteiger partial charge in [-0.3, -0.25) is 15.6 Å². The van der Waals surface area contributed by atoms with Gasteiger partial charge in [0.2, 0.25) is 0 Å². The molecule has 0 aromatic heterocycles. The fourth-order valence-electron chi connectivity index (χ4n) is 1.89. The van der Waals surface area contributed by atoms with Crippen molar-refractivity contribution in [3.8, 4) is 11.5 Å². The van der Waals surface area contributed by atoms with E-state index in [1.165, 1.54) is 0 Å². The molecule has 6 nitrogen and oxygen atoms in total. The summed E-state index contributed by atoms with van der Waals surface area (Å²) in [6, 6.07) is 14.2. The van der Waals surface area contributed by atoms with Crippen molar-refractivity contribution in [2.45, 2.75) is 0 Å². The van der Waals surface area contributed by atoms with Gasteiger partial charge < -0.3 is 14.8 Å². The average Bonchev–Trinajstić information content (AvgIpc) is 2.60. The Morgan fingerprint density at radius 3 is 2.09 bits per heavy atom. The fraction of sp³-hybridized carbons (Fsp3) is 0.125. The van der Waals surface area contributed by atoms with Crippen LogP contribution in [0, 0.1) is 0 Å². The Morgan fingerprint density at radius 1 is 0.913 bits per heavy atom. The molecule has 0 spiro atoms. The summed E-state index contributed by atoms with van der Waals surface area (Å²) in [4.78, 5) is 11.9. The van der Waals surface area contributed by atoms with Crippen LogP contribution >= 0.6 is 12.2 Å². The zero-order chi connectivity index (χ0) is 16.7. The zero-order valence-corrected chi connectivity index (χ0v) is 13.6. The number of rotatable bonds is 4. The lowest BCUT2D eigenvalue weighted by Crippen LogP contribution is -2.43. The van der Waals surface area contributed by atoms with Gasteiger partial charge in [0.05, 0.1) is 14.2 Å². The predicted molar refractivity (Wildman–Crippen MR) is 92.8 cm³/mol. The summed E-state index contributed by atoms with van der Waals surface area (Å²) in [7, 11) is 3.10. The highest BCUT2D eigenvalue weighted by Gasteiger charge is 2.11.